The first-order chi connectivity index (χ1) is 8.34. The maximum absolute atomic E-state index is 12.1. The van der Waals surface area contributed by atoms with Gasteiger partial charge in [-0.2, -0.15) is 0 Å². The number of Topliss-reactive ketones (excluding diaryl/α,β-unsaturated/α-hetero) is 1. The molecule has 0 aliphatic heterocycles. The van der Waals surface area contributed by atoms with Crippen LogP contribution >= 0.6 is 0 Å². The fraction of sp³-hybridized carbons (Fsp3) is 0.462. The highest BCUT2D eigenvalue weighted by Crippen LogP contribution is 2.24. The van der Waals surface area contributed by atoms with Gasteiger partial charge in [-0.15, -0.1) is 0 Å². The van der Waals surface area contributed by atoms with Crippen molar-refractivity contribution in [1.82, 2.24) is 4.90 Å². The molecule has 0 spiro atoms. The topological polar surface area (TPSA) is 63.4 Å². The normalized spacial score (nSPS) is 12.8. The molecule has 0 fully saturated rings. The third-order valence-electron chi connectivity index (χ3n) is 2.77. The number of nitro benzene ring substituents is 1. The van der Waals surface area contributed by atoms with Crippen molar-refractivity contribution in [2.24, 2.45) is 5.92 Å². The number of nitrogens with zero attached hydrogens (tertiary/aromatic N) is 2. The maximum atomic E-state index is 12.1. The SMILES string of the molecule is CC(C)C(=O)C(c1ccc([N+](=O)[O-])cc1)N(C)C. The van der Waals surface area contributed by atoms with E-state index in [1.165, 1.54) is 12.1 Å². The van der Waals surface area contributed by atoms with Crippen LogP contribution < -0.4 is 0 Å². The van der Waals surface area contributed by atoms with Crippen LogP contribution in [0.5, 0.6) is 0 Å². The second-order valence-corrected chi connectivity index (χ2v) is 4.77. The summed E-state index contributed by atoms with van der Waals surface area (Å²) >= 11 is 0. The van der Waals surface area contributed by atoms with Crippen molar-refractivity contribution in [2.45, 2.75) is 19.9 Å². The number of non-ortho nitro benzene ring substituents is 1. The van der Waals surface area contributed by atoms with Gasteiger partial charge in [-0.25, -0.2) is 0 Å². The summed E-state index contributed by atoms with van der Waals surface area (Å²) in [7, 11) is 3.65. The summed E-state index contributed by atoms with van der Waals surface area (Å²) in [5.41, 5.74) is 0.817. The van der Waals surface area contributed by atoms with Crippen molar-refractivity contribution in [2.75, 3.05) is 14.1 Å². The van der Waals surface area contributed by atoms with E-state index < -0.39 is 4.92 Å². The van der Waals surface area contributed by atoms with E-state index in [2.05, 4.69) is 0 Å². The molecule has 5 heteroatoms. The number of ketones is 1. The molecule has 0 saturated heterocycles. The van der Waals surface area contributed by atoms with Crippen molar-refractivity contribution in [1.29, 1.82) is 0 Å². The van der Waals surface area contributed by atoms with Crippen LogP contribution in [-0.4, -0.2) is 29.7 Å². The lowest BCUT2D eigenvalue weighted by Crippen LogP contribution is -2.30. The Morgan fingerprint density at radius 2 is 1.72 bits per heavy atom. The Bertz CT molecular complexity index is 438. The number of carbonyl (C=O) groups is 1. The smallest absolute Gasteiger partial charge is 0.269 e. The predicted octanol–water partition coefficient (Wildman–Crippen LogP) is 2.42. The molecule has 1 unspecified atom stereocenters. The van der Waals surface area contributed by atoms with Gasteiger partial charge in [0.15, 0.2) is 5.78 Å². The summed E-state index contributed by atoms with van der Waals surface area (Å²) in [4.78, 5) is 24.1. The Labute approximate surface area is 107 Å². The first-order valence-corrected chi connectivity index (χ1v) is 5.79. The molecule has 1 aromatic rings. The molecule has 1 rings (SSSR count). The molecule has 0 radical (unpaired) electrons. The highest BCUT2D eigenvalue weighted by atomic mass is 16.6. The Hall–Kier alpha value is -1.75. The fourth-order valence-electron chi connectivity index (χ4n) is 1.81. The Morgan fingerprint density at radius 1 is 1.22 bits per heavy atom. The number of benzene rings is 1. The lowest BCUT2D eigenvalue weighted by molar-refractivity contribution is -0.384. The summed E-state index contributed by atoms with van der Waals surface area (Å²) in [5.74, 6) is 0.0291. The number of hydrogen-bond acceptors (Lipinski definition) is 4. The number of likely N-dealkylation sites (N-methyl/N-ethyl adjacent to an activating group) is 1. The molecule has 0 bridgehead atoms. The zero-order chi connectivity index (χ0) is 13.9. The second-order valence-electron chi connectivity index (χ2n) is 4.77. The monoisotopic (exact) mass is 250 g/mol. The maximum Gasteiger partial charge on any atom is 0.269 e. The van der Waals surface area contributed by atoms with Crippen LogP contribution in [0.3, 0.4) is 0 Å². The van der Waals surface area contributed by atoms with Crippen LogP contribution in [0.1, 0.15) is 25.5 Å². The van der Waals surface area contributed by atoms with Crippen LogP contribution in [0, 0.1) is 16.0 Å². The fourth-order valence-corrected chi connectivity index (χ4v) is 1.81. The zero-order valence-corrected chi connectivity index (χ0v) is 11.1. The molecule has 98 valence electrons. The van der Waals surface area contributed by atoms with Gasteiger partial charge in [-0.05, 0) is 19.7 Å². The third-order valence-corrected chi connectivity index (χ3v) is 2.77. The van der Waals surface area contributed by atoms with Gasteiger partial charge in [-0.3, -0.25) is 19.8 Å². The van der Waals surface area contributed by atoms with Crippen molar-refractivity contribution in [3.63, 3.8) is 0 Å². The van der Waals surface area contributed by atoms with E-state index in [-0.39, 0.29) is 23.4 Å². The van der Waals surface area contributed by atoms with E-state index in [1.807, 2.05) is 32.8 Å². The van der Waals surface area contributed by atoms with Gasteiger partial charge in [-0.1, -0.05) is 26.0 Å². The van der Waals surface area contributed by atoms with Gasteiger partial charge in [0.25, 0.3) is 5.69 Å². The van der Waals surface area contributed by atoms with E-state index in [0.717, 1.165) is 5.56 Å². The average Bonchev–Trinajstić information content (AvgIpc) is 2.29. The summed E-state index contributed by atoms with van der Waals surface area (Å²) in [6.07, 6.45) is 0. The molecule has 5 nitrogen and oxygen atoms in total. The molecular formula is C13H18N2O3. The minimum absolute atomic E-state index is 0.0354. The van der Waals surface area contributed by atoms with E-state index in [0.29, 0.717) is 0 Å². The summed E-state index contributed by atoms with van der Waals surface area (Å²) in [6, 6.07) is 5.79. The summed E-state index contributed by atoms with van der Waals surface area (Å²) in [6.45, 7) is 3.70. The molecule has 0 aliphatic rings. The molecule has 0 N–H and O–H groups in total. The lowest BCUT2D eigenvalue weighted by Gasteiger charge is -2.25. The molecule has 0 amide bonds. The Morgan fingerprint density at radius 3 is 2.06 bits per heavy atom. The molecule has 1 atom stereocenters. The second kappa shape index (κ2) is 5.73. The molecule has 0 saturated carbocycles. The van der Waals surface area contributed by atoms with Gasteiger partial charge in [0, 0.05) is 18.1 Å². The van der Waals surface area contributed by atoms with Crippen LogP contribution in [0.15, 0.2) is 24.3 Å². The Kier molecular flexibility index (Phi) is 4.55. The molecule has 0 heterocycles. The Balaban J connectivity index is 3.07. The first kappa shape index (κ1) is 14.3. The van der Waals surface area contributed by atoms with Crippen molar-refractivity contribution in [3.8, 4) is 0 Å². The first-order valence-electron chi connectivity index (χ1n) is 5.79. The van der Waals surface area contributed by atoms with Gasteiger partial charge in [0.2, 0.25) is 0 Å². The van der Waals surface area contributed by atoms with Gasteiger partial charge >= 0.3 is 0 Å². The van der Waals surface area contributed by atoms with Crippen LogP contribution in [0.25, 0.3) is 0 Å². The minimum atomic E-state index is -0.446. The average molecular weight is 250 g/mol. The van der Waals surface area contributed by atoms with Gasteiger partial charge < -0.3 is 0 Å². The highest BCUT2D eigenvalue weighted by molar-refractivity contribution is 5.86. The van der Waals surface area contributed by atoms with Crippen LogP contribution in [0.2, 0.25) is 0 Å². The van der Waals surface area contributed by atoms with Crippen molar-refractivity contribution in [3.05, 3.63) is 39.9 Å². The van der Waals surface area contributed by atoms with Gasteiger partial charge in [0.05, 0.1) is 11.0 Å². The van der Waals surface area contributed by atoms with E-state index >= 15 is 0 Å². The molecular weight excluding hydrogens is 232 g/mol. The van der Waals surface area contributed by atoms with Crippen molar-refractivity contribution < 1.29 is 9.72 Å². The molecule has 1 aromatic carbocycles. The zero-order valence-electron chi connectivity index (χ0n) is 11.1. The molecule has 18 heavy (non-hydrogen) atoms. The minimum Gasteiger partial charge on any atom is -0.297 e. The predicted molar refractivity (Wildman–Crippen MR) is 69.4 cm³/mol. The van der Waals surface area contributed by atoms with Crippen LogP contribution in [0.4, 0.5) is 5.69 Å². The number of carbonyl (C=O) groups excluding carboxylic acids is 1. The standard InChI is InChI=1S/C13H18N2O3/c1-9(2)13(16)12(14(3)4)10-5-7-11(8-6-10)15(17)18/h5-9,12H,1-4H3. The number of hydrogen-bond donors (Lipinski definition) is 0. The van der Waals surface area contributed by atoms with Crippen LogP contribution in [-0.2, 0) is 4.79 Å². The largest absolute Gasteiger partial charge is 0.297 e. The van der Waals surface area contributed by atoms with E-state index in [9.17, 15) is 14.9 Å². The molecule has 0 aromatic heterocycles. The van der Waals surface area contributed by atoms with Crippen molar-refractivity contribution >= 4 is 11.5 Å². The highest BCUT2D eigenvalue weighted by Gasteiger charge is 2.25. The third kappa shape index (κ3) is 3.13. The lowest BCUT2D eigenvalue weighted by atomic mass is 9.94. The quantitative estimate of drug-likeness (QED) is 0.594. The summed E-state index contributed by atoms with van der Waals surface area (Å²) < 4.78 is 0. The summed E-state index contributed by atoms with van der Waals surface area (Å²) in [5, 5.41) is 10.6. The number of nitro groups is 1. The molecule has 0 aliphatic carbocycles. The van der Waals surface area contributed by atoms with E-state index in [1.54, 1.807) is 12.1 Å². The van der Waals surface area contributed by atoms with E-state index in [4.69, 9.17) is 0 Å². The number of rotatable bonds is 5. The van der Waals surface area contributed by atoms with Gasteiger partial charge in [0.1, 0.15) is 0 Å².